The minimum absolute atomic E-state index is 0.103. The molecule has 0 atom stereocenters. The summed E-state index contributed by atoms with van der Waals surface area (Å²) >= 11 is 0. The molecule has 2 rings (SSSR count). The molecule has 1 aromatic rings. The van der Waals surface area contributed by atoms with Gasteiger partial charge in [0.15, 0.2) is 11.7 Å². The molecular formula is C13H19N3O4. The maximum atomic E-state index is 11.7. The first-order valence-electron chi connectivity index (χ1n) is 6.35. The molecule has 1 N–H and O–H groups in total. The number of amides is 1. The summed E-state index contributed by atoms with van der Waals surface area (Å²) in [6.45, 7) is 2.75. The Morgan fingerprint density at radius 2 is 2.15 bits per heavy atom. The molecule has 0 spiro atoms. The first kappa shape index (κ1) is 14.5. The molecule has 1 saturated heterocycles. The van der Waals surface area contributed by atoms with E-state index in [0.29, 0.717) is 19.0 Å². The van der Waals surface area contributed by atoms with Gasteiger partial charge in [-0.15, -0.1) is 0 Å². The Morgan fingerprint density at radius 3 is 2.75 bits per heavy atom. The standard InChI is InChI=1S/C13H19N3O4/c1-13(18-6-7-19-13)8-11(17)15-14-9-10-4-5-12(20-10)16(2)3/h4-5,9H,6-8H2,1-3H3,(H,15,17)/b14-9+. The largest absolute Gasteiger partial charge is 0.440 e. The van der Waals surface area contributed by atoms with Crippen LogP contribution in [0.4, 0.5) is 5.88 Å². The van der Waals surface area contributed by atoms with Gasteiger partial charge in [0, 0.05) is 20.2 Å². The summed E-state index contributed by atoms with van der Waals surface area (Å²) in [4.78, 5) is 13.5. The normalized spacial score (nSPS) is 17.6. The third-order valence-electron chi connectivity index (χ3n) is 2.81. The minimum atomic E-state index is -0.845. The van der Waals surface area contributed by atoms with Crippen LogP contribution in [0.2, 0.25) is 0 Å². The van der Waals surface area contributed by atoms with Gasteiger partial charge in [0.25, 0.3) is 0 Å². The molecule has 1 fully saturated rings. The van der Waals surface area contributed by atoms with Gasteiger partial charge in [-0.1, -0.05) is 0 Å². The molecule has 0 unspecified atom stereocenters. The minimum Gasteiger partial charge on any atom is -0.440 e. The molecule has 1 aliphatic heterocycles. The SMILES string of the molecule is CN(C)c1ccc(/C=N/NC(=O)CC2(C)OCCO2)o1. The van der Waals surface area contributed by atoms with Crippen molar-refractivity contribution >= 4 is 18.0 Å². The second-order valence-corrected chi connectivity index (χ2v) is 4.87. The Labute approximate surface area is 117 Å². The molecule has 20 heavy (non-hydrogen) atoms. The Hall–Kier alpha value is -1.86. The summed E-state index contributed by atoms with van der Waals surface area (Å²) in [5.41, 5.74) is 2.42. The van der Waals surface area contributed by atoms with Crippen molar-refractivity contribution in [2.45, 2.75) is 19.1 Å². The molecule has 0 saturated carbocycles. The number of ether oxygens (including phenoxy) is 2. The summed E-state index contributed by atoms with van der Waals surface area (Å²) in [5.74, 6) is 0.166. The molecule has 0 radical (unpaired) electrons. The zero-order chi connectivity index (χ0) is 14.6. The quantitative estimate of drug-likeness (QED) is 0.642. The van der Waals surface area contributed by atoms with E-state index in [4.69, 9.17) is 13.9 Å². The number of nitrogens with zero attached hydrogens (tertiary/aromatic N) is 2. The second kappa shape index (κ2) is 6.06. The van der Waals surface area contributed by atoms with Gasteiger partial charge >= 0.3 is 0 Å². The lowest BCUT2D eigenvalue weighted by molar-refractivity contribution is -0.159. The van der Waals surface area contributed by atoms with Crippen LogP contribution in [0.5, 0.6) is 0 Å². The van der Waals surface area contributed by atoms with Gasteiger partial charge in [-0.3, -0.25) is 4.79 Å². The summed E-state index contributed by atoms with van der Waals surface area (Å²) in [5, 5.41) is 3.84. The predicted molar refractivity (Wildman–Crippen MR) is 73.7 cm³/mol. The molecule has 110 valence electrons. The molecule has 0 aromatic carbocycles. The molecule has 7 nitrogen and oxygen atoms in total. The van der Waals surface area contributed by atoms with Crippen LogP contribution >= 0.6 is 0 Å². The van der Waals surface area contributed by atoms with Crippen molar-refractivity contribution in [1.29, 1.82) is 0 Å². The lowest BCUT2D eigenvalue weighted by Gasteiger charge is -2.20. The zero-order valence-corrected chi connectivity index (χ0v) is 11.9. The molecular weight excluding hydrogens is 262 g/mol. The third-order valence-corrected chi connectivity index (χ3v) is 2.81. The van der Waals surface area contributed by atoms with E-state index >= 15 is 0 Å². The van der Waals surface area contributed by atoms with Gasteiger partial charge in [-0.25, -0.2) is 5.43 Å². The number of anilines is 1. The van der Waals surface area contributed by atoms with Crippen molar-refractivity contribution in [2.75, 3.05) is 32.2 Å². The average Bonchev–Trinajstić information content (AvgIpc) is 2.98. The number of rotatable bonds is 5. The Kier molecular flexibility index (Phi) is 4.41. The number of carbonyl (C=O) groups excluding carboxylic acids is 1. The molecule has 0 bridgehead atoms. The molecule has 1 aromatic heterocycles. The summed E-state index contributed by atoms with van der Waals surface area (Å²) in [6, 6.07) is 3.60. The highest BCUT2D eigenvalue weighted by Crippen LogP contribution is 2.22. The van der Waals surface area contributed by atoms with Crippen LogP contribution in [0.1, 0.15) is 19.1 Å². The number of hydrogen-bond acceptors (Lipinski definition) is 6. The van der Waals surface area contributed by atoms with Crippen LogP contribution in [-0.4, -0.2) is 45.2 Å². The maximum absolute atomic E-state index is 11.7. The van der Waals surface area contributed by atoms with Crippen molar-refractivity contribution in [3.8, 4) is 0 Å². The zero-order valence-electron chi connectivity index (χ0n) is 11.9. The van der Waals surface area contributed by atoms with E-state index < -0.39 is 5.79 Å². The predicted octanol–water partition coefficient (Wildman–Crippen LogP) is 0.949. The summed E-state index contributed by atoms with van der Waals surface area (Å²) < 4.78 is 16.1. The van der Waals surface area contributed by atoms with Gasteiger partial charge < -0.3 is 18.8 Å². The van der Waals surface area contributed by atoms with Crippen LogP contribution in [0, 0.1) is 0 Å². The highest BCUT2D eigenvalue weighted by atomic mass is 16.7. The lowest BCUT2D eigenvalue weighted by Crippen LogP contribution is -2.33. The number of carbonyl (C=O) groups is 1. The molecule has 2 heterocycles. The van der Waals surface area contributed by atoms with Gasteiger partial charge in [-0.05, 0) is 13.0 Å². The van der Waals surface area contributed by atoms with Gasteiger partial charge in [0.2, 0.25) is 5.91 Å². The number of hydrogen-bond donors (Lipinski definition) is 1. The summed E-state index contributed by atoms with van der Waals surface area (Å²) in [6.07, 6.45) is 1.55. The van der Waals surface area contributed by atoms with Crippen molar-refractivity contribution in [3.63, 3.8) is 0 Å². The average molecular weight is 281 g/mol. The Bertz CT molecular complexity index is 490. The topological polar surface area (TPSA) is 76.3 Å². The second-order valence-electron chi connectivity index (χ2n) is 4.87. The van der Waals surface area contributed by atoms with E-state index in [9.17, 15) is 4.79 Å². The van der Waals surface area contributed by atoms with Gasteiger partial charge in [0.05, 0.1) is 25.8 Å². The smallest absolute Gasteiger partial charge is 0.245 e. The number of hydrazone groups is 1. The van der Waals surface area contributed by atoms with Crippen molar-refractivity contribution < 1.29 is 18.7 Å². The fraction of sp³-hybridized carbons (Fsp3) is 0.538. The Morgan fingerprint density at radius 1 is 1.45 bits per heavy atom. The van der Waals surface area contributed by atoms with E-state index in [2.05, 4.69) is 10.5 Å². The van der Waals surface area contributed by atoms with E-state index in [1.54, 1.807) is 13.0 Å². The van der Waals surface area contributed by atoms with E-state index in [1.165, 1.54) is 6.21 Å². The van der Waals surface area contributed by atoms with Crippen LogP contribution < -0.4 is 10.3 Å². The van der Waals surface area contributed by atoms with Gasteiger partial charge in [-0.2, -0.15) is 5.10 Å². The monoisotopic (exact) mass is 281 g/mol. The van der Waals surface area contributed by atoms with Crippen molar-refractivity contribution in [3.05, 3.63) is 17.9 Å². The maximum Gasteiger partial charge on any atom is 0.245 e. The molecule has 1 amide bonds. The first-order valence-corrected chi connectivity index (χ1v) is 6.35. The van der Waals surface area contributed by atoms with Gasteiger partial charge in [0.1, 0.15) is 5.76 Å². The lowest BCUT2D eigenvalue weighted by atomic mass is 10.2. The fourth-order valence-electron chi connectivity index (χ4n) is 1.81. The highest BCUT2D eigenvalue weighted by molar-refractivity contribution is 5.81. The first-order chi connectivity index (χ1) is 9.48. The number of nitrogens with one attached hydrogen (secondary N) is 1. The molecule has 1 aliphatic rings. The van der Waals surface area contributed by atoms with Crippen molar-refractivity contribution in [2.24, 2.45) is 5.10 Å². The van der Waals surface area contributed by atoms with E-state index in [-0.39, 0.29) is 12.3 Å². The summed E-state index contributed by atoms with van der Waals surface area (Å²) in [7, 11) is 3.76. The van der Waals surface area contributed by atoms with Crippen molar-refractivity contribution in [1.82, 2.24) is 5.43 Å². The molecule has 7 heteroatoms. The van der Waals surface area contributed by atoms with Crippen LogP contribution in [0.3, 0.4) is 0 Å². The van der Waals surface area contributed by atoms with Crippen LogP contribution in [-0.2, 0) is 14.3 Å². The Balaban J connectivity index is 1.81. The van der Waals surface area contributed by atoms with E-state index in [1.807, 2.05) is 25.1 Å². The van der Waals surface area contributed by atoms with Crippen LogP contribution in [0.25, 0.3) is 0 Å². The number of furan rings is 1. The molecule has 0 aliphatic carbocycles. The highest BCUT2D eigenvalue weighted by Gasteiger charge is 2.33. The third kappa shape index (κ3) is 3.82. The fourth-order valence-corrected chi connectivity index (χ4v) is 1.81. The van der Waals surface area contributed by atoms with E-state index in [0.717, 1.165) is 5.88 Å². The van der Waals surface area contributed by atoms with Crippen LogP contribution in [0.15, 0.2) is 21.7 Å².